The number of anilines is 1. The molecule has 0 N–H and O–H groups in total. The van der Waals surface area contributed by atoms with Crippen LogP contribution in [0.4, 0.5) is 5.69 Å². The smallest absolute Gasteiger partial charge is 0.0434 e. The Morgan fingerprint density at radius 1 is 1.19 bits per heavy atom. The molecular weight excluding hydrogens is 194 g/mol. The Balaban J connectivity index is 2.08. The molecule has 1 heteroatoms. The van der Waals surface area contributed by atoms with E-state index in [1.54, 1.807) is 16.8 Å². The summed E-state index contributed by atoms with van der Waals surface area (Å²) in [6.07, 6.45) is 3.84. The van der Waals surface area contributed by atoms with Gasteiger partial charge in [0, 0.05) is 18.3 Å². The van der Waals surface area contributed by atoms with E-state index < -0.39 is 0 Å². The van der Waals surface area contributed by atoms with Gasteiger partial charge >= 0.3 is 0 Å². The molecule has 2 aliphatic heterocycles. The van der Waals surface area contributed by atoms with E-state index in [4.69, 9.17) is 0 Å². The minimum atomic E-state index is 0.383. The van der Waals surface area contributed by atoms with E-state index in [0.29, 0.717) is 11.5 Å². The summed E-state index contributed by atoms with van der Waals surface area (Å²) in [5, 5.41) is 0. The van der Waals surface area contributed by atoms with Gasteiger partial charge in [-0.2, -0.15) is 0 Å². The Morgan fingerprint density at radius 3 is 2.69 bits per heavy atom. The third-order valence-corrected chi connectivity index (χ3v) is 4.12. The predicted octanol–water partition coefficient (Wildman–Crippen LogP) is 3.41. The first kappa shape index (κ1) is 10.2. The van der Waals surface area contributed by atoms with Gasteiger partial charge in [-0.25, -0.2) is 0 Å². The first-order valence-corrected chi connectivity index (χ1v) is 6.45. The van der Waals surface area contributed by atoms with Gasteiger partial charge in [0.2, 0.25) is 0 Å². The third-order valence-electron chi connectivity index (χ3n) is 4.12. The average Bonchev–Trinajstić information content (AvgIpc) is 2.60. The number of benzene rings is 1. The molecule has 16 heavy (non-hydrogen) atoms. The van der Waals surface area contributed by atoms with Gasteiger partial charge in [-0.05, 0) is 35.8 Å². The van der Waals surface area contributed by atoms with Crippen LogP contribution in [0.5, 0.6) is 0 Å². The van der Waals surface area contributed by atoms with Gasteiger partial charge in [0.15, 0.2) is 0 Å². The standard InChI is InChI=1S/C15H21N/c1-15(2,3)13-10-12-7-4-6-11-8-5-9-16(13)14(11)12/h4,6-7,13H,5,8-10H2,1-3H3. The molecule has 1 nitrogen and oxygen atoms in total. The van der Waals surface area contributed by atoms with Gasteiger partial charge in [0.25, 0.3) is 0 Å². The molecule has 0 saturated heterocycles. The highest BCUT2D eigenvalue weighted by atomic mass is 15.2. The minimum absolute atomic E-state index is 0.383. The summed E-state index contributed by atoms with van der Waals surface area (Å²) in [7, 11) is 0. The van der Waals surface area contributed by atoms with E-state index in [1.165, 1.54) is 25.8 Å². The van der Waals surface area contributed by atoms with Crippen molar-refractivity contribution in [1.82, 2.24) is 0 Å². The number of para-hydroxylation sites is 1. The second-order valence-corrected chi connectivity index (χ2v) is 6.31. The van der Waals surface area contributed by atoms with Crippen LogP contribution in [0.15, 0.2) is 18.2 Å². The zero-order chi connectivity index (χ0) is 11.3. The first-order valence-electron chi connectivity index (χ1n) is 6.45. The van der Waals surface area contributed by atoms with E-state index in [2.05, 4.69) is 43.9 Å². The van der Waals surface area contributed by atoms with Gasteiger partial charge in [0.05, 0.1) is 0 Å². The van der Waals surface area contributed by atoms with Crippen LogP contribution in [-0.4, -0.2) is 12.6 Å². The maximum absolute atomic E-state index is 2.67. The lowest BCUT2D eigenvalue weighted by Crippen LogP contribution is -2.43. The Labute approximate surface area is 98.5 Å². The topological polar surface area (TPSA) is 3.24 Å². The van der Waals surface area contributed by atoms with Crippen LogP contribution in [0.25, 0.3) is 0 Å². The molecule has 3 rings (SSSR count). The molecule has 2 aliphatic rings. The van der Waals surface area contributed by atoms with Crippen molar-refractivity contribution in [2.75, 3.05) is 11.4 Å². The highest BCUT2D eigenvalue weighted by Gasteiger charge is 2.39. The minimum Gasteiger partial charge on any atom is -0.367 e. The van der Waals surface area contributed by atoms with E-state index in [1.807, 2.05) is 0 Å². The first-order chi connectivity index (χ1) is 7.57. The molecular formula is C15H21N. The highest BCUT2D eigenvalue weighted by Crippen LogP contribution is 2.43. The van der Waals surface area contributed by atoms with E-state index in [9.17, 15) is 0 Å². The van der Waals surface area contributed by atoms with E-state index in [-0.39, 0.29) is 0 Å². The Morgan fingerprint density at radius 2 is 1.94 bits per heavy atom. The summed E-state index contributed by atoms with van der Waals surface area (Å²) < 4.78 is 0. The molecule has 0 fully saturated rings. The van der Waals surface area contributed by atoms with Crippen LogP contribution in [0, 0.1) is 5.41 Å². The van der Waals surface area contributed by atoms with Crippen molar-refractivity contribution in [2.45, 2.75) is 46.1 Å². The molecule has 1 aromatic carbocycles. The fourth-order valence-electron chi connectivity index (χ4n) is 3.34. The van der Waals surface area contributed by atoms with Crippen molar-refractivity contribution in [3.63, 3.8) is 0 Å². The number of aryl methyl sites for hydroxylation is 1. The lowest BCUT2D eigenvalue weighted by Gasteiger charge is -2.39. The van der Waals surface area contributed by atoms with Crippen molar-refractivity contribution in [1.29, 1.82) is 0 Å². The fraction of sp³-hybridized carbons (Fsp3) is 0.600. The lowest BCUT2D eigenvalue weighted by atomic mass is 9.84. The lowest BCUT2D eigenvalue weighted by molar-refractivity contribution is 0.309. The molecule has 0 aromatic heterocycles. The molecule has 86 valence electrons. The van der Waals surface area contributed by atoms with Gasteiger partial charge in [-0.15, -0.1) is 0 Å². The van der Waals surface area contributed by atoms with Crippen molar-refractivity contribution in [3.05, 3.63) is 29.3 Å². The maximum atomic E-state index is 2.67. The van der Waals surface area contributed by atoms with Crippen LogP contribution < -0.4 is 4.90 Å². The number of nitrogens with zero attached hydrogens (tertiary/aromatic N) is 1. The summed E-state index contributed by atoms with van der Waals surface area (Å²) in [5.74, 6) is 0. The zero-order valence-electron chi connectivity index (χ0n) is 10.6. The van der Waals surface area contributed by atoms with Crippen LogP contribution in [0.1, 0.15) is 38.3 Å². The normalized spacial score (nSPS) is 23.4. The van der Waals surface area contributed by atoms with Crippen molar-refractivity contribution < 1.29 is 0 Å². The summed E-state index contributed by atoms with van der Waals surface area (Å²) in [5.41, 5.74) is 5.12. The van der Waals surface area contributed by atoms with Crippen LogP contribution in [-0.2, 0) is 12.8 Å². The molecule has 0 bridgehead atoms. The number of hydrogen-bond donors (Lipinski definition) is 0. The van der Waals surface area contributed by atoms with Crippen molar-refractivity contribution in [2.24, 2.45) is 5.41 Å². The van der Waals surface area contributed by atoms with Gasteiger partial charge < -0.3 is 4.90 Å². The van der Waals surface area contributed by atoms with Gasteiger partial charge in [0.1, 0.15) is 0 Å². The summed E-state index contributed by atoms with van der Waals surface area (Å²) in [6.45, 7) is 8.37. The van der Waals surface area contributed by atoms with Crippen molar-refractivity contribution in [3.8, 4) is 0 Å². The number of hydrogen-bond acceptors (Lipinski definition) is 1. The summed E-state index contributed by atoms with van der Waals surface area (Å²) in [4.78, 5) is 2.67. The molecule has 1 aromatic rings. The fourth-order valence-corrected chi connectivity index (χ4v) is 3.34. The molecule has 1 atom stereocenters. The molecule has 0 amide bonds. The van der Waals surface area contributed by atoms with Crippen molar-refractivity contribution >= 4 is 5.69 Å². The maximum Gasteiger partial charge on any atom is 0.0434 e. The monoisotopic (exact) mass is 215 g/mol. The van der Waals surface area contributed by atoms with Gasteiger partial charge in [-0.1, -0.05) is 39.0 Å². The highest BCUT2D eigenvalue weighted by molar-refractivity contribution is 5.66. The van der Waals surface area contributed by atoms with Crippen LogP contribution >= 0.6 is 0 Å². The Hall–Kier alpha value is -0.980. The Kier molecular flexibility index (Phi) is 2.07. The average molecular weight is 215 g/mol. The quantitative estimate of drug-likeness (QED) is 0.641. The van der Waals surface area contributed by atoms with Crippen LogP contribution in [0.2, 0.25) is 0 Å². The Bertz CT molecular complexity index is 414. The largest absolute Gasteiger partial charge is 0.367 e. The van der Waals surface area contributed by atoms with Crippen LogP contribution in [0.3, 0.4) is 0 Å². The molecule has 1 unspecified atom stereocenters. The number of rotatable bonds is 0. The molecule has 0 aliphatic carbocycles. The summed E-state index contributed by atoms with van der Waals surface area (Å²) in [6, 6.07) is 7.57. The molecule has 0 saturated carbocycles. The zero-order valence-corrected chi connectivity index (χ0v) is 10.6. The van der Waals surface area contributed by atoms with E-state index in [0.717, 1.165) is 0 Å². The third kappa shape index (κ3) is 1.37. The molecule has 0 spiro atoms. The molecule has 2 heterocycles. The van der Waals surface area contributed by atoms with Gasteiger partial charge in [-0.3, -0.25) is 0 Å². The predicted molar refractivity (Wildman–Crippen MR) is 69.1 cm³/mol. The molecule has 0 radical (unpaired) electrons. The SMILES string of the molecule is CC(C)(C)C1Cc2cccc3c2N1CCC3. The van der Waals surface area contributed by atoms with E-state index >= 15 is 0 Å². The second-order valence-electron chi connectivity index (χ2n) is 6.31. The summed E-state index contributed by atoms with van der Waals surface area (Å²) >= 11 is 0. The second kappa shape index (κ2) is 3.26.